The Morgan fingerprint density at radius 3 is 2.73 bits per heavy atom. The van der Waals surface area contributed by atoms with E-state index in [4.69, 9.17) is 12.2 Å². The quantitative estimate of drug-likeness (QED) is 0.641. The Labute approximate surface area is 76.7 Å². The molecule has 0 aliphatic carbocycles. The molecule has 1 unspecified atom stereocenters. The summed E-state index contributed by atoms with van der Waals surface area (Å²) in [7, 11) is 0. The fraction of sp³-hybridized carbons (Fsp3) is 0.625. The molecule has 11 heavy (non-hydrogen) atoms. The lowest BCUT2D eigenvalue weighted by molar-refractivity contribution is 0.530. The molecule has 0 saturated heterocycles. The molecule has 0 fully saturated rings. The van der Waals surface area contributed by atoms with Gasteiger partial charge in [0.1, 0.15) is 0 Å². The smallest absolute Gasteiger partial charge is 0.161 e. The summed E-state index contributed by atoms with van der Waals surface area (Å²) in [5, 5.41) is 0. The van der Waals surface area contributed by atoms with E-state index in [9.17, 15) is 0 Å². The van der Waals surface area contributed by atoms with Crippen LogP contribution in [-0.2, 0) is 0 Å². The SMILES string of the molecule is CCC(C)n1cc(C)sc1=S. The molecule has 3 heteroatoms. The Balaban J connectivity index is 3.03. The van der Waals surface area contributed by atoms with Crippen molar-refractivity contribution in [1.82, 2.24) is 4.57 Å². The lowest BCUT2D eigenvalue weighted by Gasteiger charge is -2.08. The van der Waals surface area contributed by atoms with Crippen LogP contribution in [0.4, 0.5) is 0 Å². The van der Waals surface area contributed by atoms with Crippen molar-refractivity contribution in [3.05, 3.63) is 15.0 Å². The molecule has 1 rings (SSSR count). The largest absolute Gasteiger partial charge is 0.327 e. The van der Waals surface area contributed by atoms with Gasteiger partial charge in [0.25, 0.3) is 0 Å². The minimum absolute atomic E-state index is 0.549. The molecule has 0 amide bonds. The third-order valence-corrected chi connectivity index (χ3v) is 3.12. The van der Waals surface area contributed by atoms with E-state index in [1.54, 1.807) is 11.3 Å². The van der Waals surface area contributed by atoms with Crippen LogP contribution in [0.5, 0.6) is 0 Å². The monoisotopic (exact) mass is 187 g/mol. The highest BCUT2D eigenvalue weighted by Crippen LogP contribution is 2.18. The number of aromatic nitrogens is 1. The molecule has 1 aromatic heterocycles. The topological polar surface area (TPSA) is 4.93 Å². The maximum atomic E-state index is 5.20. The Hall–Kier alpha value is -0.150. The molecule has 1 atom stereocenters. The highest BCUT2D eigenvalue weighted by atomic mass is 32.1. The second-order valence-electron chi connectivity index (χ2n) is 2.77. The predicted molar refractivity (Wildman–Crippen MR) is 52.9 cm³/mol. The second-order valence-corrected chi connectivity index (χ2v) is 4.65. The van der Waals surface area contributed by atoms with Gasteiger partial charge < -0.3 is 4.57 Å². The molecule has 0 aliphatic rings. The van der Waals surface area contributed by atoms with Gasteiger partial charge in [-0.3, -0.25) is 0 Å². The third-order valence-electron chi connectivity index (χ3n) is 1.85. The maximum Gasteiger partial charge on any atom is 0.161 e. The van der Waals surface area contributed by atoms with Crippen LogP contribution in [0.2, 0.25) is 0 Å². The summed E-state index contributed by atoms with van der Waals surface area (Å²) in [6, 6.07) is 0.549. The Bertz CT molecular complexity index is 285. The number of hydrogen-bond donors (Lipinski definition) is 0. The van der Waals surface area contributed by atoms with Crippen LogP contribution in [0.3, 0.4) is 0 Å². The third kappa shape index (κ3) is 1.91. The van der Waals surface area contributed by atoms with E-state index in [1.165, 1.54) is 4.88 Å². The zero-order valence-corrected chi connectivity index (χ0v) is 8.76. The highest BCUT2D eigenvalue weighted by molar-refractivity contribution is 7.73. The van der Waals surface area contributed by atoms with E-state index in [-0.39, 0.29) is 0 Å². The van der Waals surface area contributed by atoms with Gasteiger partial charge in [-0.05, 0) is 32.5 Å². The number of nitrogens with zero attached hydrogens (tertiary/aromatic N) is 1. The minimum atomic E-state index is 0.549. The summed E-state index contributed by atoms with van der Waals surface area (Å²) in [5.74, 6) is 0. The molecular formula is C8H13NS2. The average molecular weight is 187 g/mol. The zero-order valence-electron chi connectivity index (χ0n) is 7.13. The van der Waals surface area contributed by atoms with E-state index in [0.29, 0.717) is 6.04 Å². The average Bonchev–Trinajstić information content (AvgIpc) is 2.28. The molecule has 0 bridgehead atoms. The molecule has 0 N–H and O–H groups in total. The summed E-state index contributed by atoms with van der Waals surface area (Å²) in [4.78, 5) is 1.30. The van der Waals surface area contributed by atoms with E-state index in [1.807, 2.05) is 0 Å². The summed E-state index contributed by atoms with van der Waals surface area (Å²) in [5.41, 5.74) is 0. The van der Waals surface area contributed by atoms with Crippen molar-refractivity contribution in [2.24, 2.45) is 0 Å². The molecule has 1 aromatic rings. The zero-order chi connectivity index (χ0) is 8.43. The number of aryl methyl sites for hydroxylation is 1. The summed E-state index contributed by atoms with van der Waals surface area (Å²) in [6.07, 6.45) is 3.28. The molecule has 0 aromatic carbocycles. The van der Waals surface area contributed by atoms with Gasteiger partial charge in [-0.2, -0.15) is 0 Å². The van der Waals surface area contributed by atoms with E-state index < -0.39 is 0 Å². The van der Waals surface area contributed by atoms with E-state index in [2.05, 4.69) is 31.5 Å². The summed E-state index contributed by atoms with van der Waals surface area (Å²) in [6.45, 7) is 6.47. The fourth-order valence-electron chi connectivity index (χ4n) is 0.969. The van der Waals surface area contributed by atoms with Gasteiger partial charge in [0, 0.05) is 17.1 Å². The normalized spacial score (nSPS) is 13.4. The first kappa shape index (κ1) is 8.94. The molecule has 0 saturated carbocycles. The van der Waals surface area contributed by atoms with Crippen molar-refractivity contribution < 1.29 is 0 Å². The van der Waals surface area contributed by atoms with Crippen LogP contribution in [0, 0.1) is 10.9 Å². The maximum absolute atomic E-state index is 5.20. The first-order chi connectivity index (χ1) is 5.15. The van der Waals surface area contributed by atoms with Crippen molar-refractivity contribution in [2.75, 3.05) is 0 Å². The Kier molecular flexibility index (Phi) is 2.84. The number of thiazole rings is 1. The molecule has 0 radical (unpaired) electrons. The van der Waals surface area contributed by atoms with Gasteiger partial charge in [-0.1, -0.05) is 6.92 Å². The van der Waals surface area contributed by atoms with Crippen LogP contribution in [0.25, 0.3) is 0 Å². The first-order valence-corrected chi connectivity index (χ1v) is 5.06. The van der Waals surface area contributed by atoms with Crippen LogP contribution < -0.4 is 0 Å². The van der Waals surface area contributed by atoms with E-state index in [0.717, 1.165) is 10.4 Å². The first-order valence-electron chi connectivity index (χ1n) is 3.83. The summed E-state index contributed by atoms with van der Waals surface area (Å²) < 4.78 is 3.17. The lowest BCUT2D eigenvalue weighted by Crippen LogP contribution is -2.00. The standard InChI is InChI=1S/C8H13NS2/c1-4-6(2)9-5-7(3)11-8(9)10/h5-6H,4H2,1-3H3. The van der Waals surface area contributed by atoms with Gasteiger partial charge in [-0.15, -0.1) is 11.3 Å². The van der Waals surface area contributed by atoms with Crippen LogP contribution in [0.15, 0.2) is 6.20 Å². The van der Waals surface area contributed by atoms with Gasteiger partial charge in [0.15, 0.2) is 3.95 Å². The number of hydrogen-bond acceptors (Lipinski definition) is 2. The molecule has 0 spiro atoms. The van der Waals surface area contributed by atoms with Crippen molar-refractivity contribution in [1.29, 1.82) is 0 Å². The van der Waals surface area contributed by atoms with E-state index >= 15 is 0 Å². The van der Waals surface area contributed by atoms with Crippen molar-refractivity contribution in [2.45, 2.75) is 33.2 Å². The highest BCUT2D eigenvalue weighted by Gasteiger charge is 2.03. The Morgan fingerprint density at radius 2 is 2.36 bits per heavy atom. The molecule has 62 valence electrons. The molecule has 1 nitrogen and oxygen atoms in total. The van der Waals surface area contributed by atoms with Gasteiger partial charge in [0.05, 0.1) is 0 Å². The van der Waals surface area contributed by atoms with Gasteiger partial charge in [0.2, 0.25) is 0 Å². The van der Waals surface area contributed by atoms with Crippen LogP contribution in [0.1, 0.15) is 31.2 Å². The second kappa shape index (κ2) is 3.50. The fourth-order valence-corrected chi connectivity index (χ4v) is 2.38. The van der Waals surface area contributed by atoms with Crippen molar-refractivity contribution in [3.63, 3.8) is 0 Å². The van der Waals surface area contributed by atoms with Crippen LogP contribution in [-0.4, -0.2) is 4.57 Å². The van der Waals surface area contributed by atoms with Gasteiger partial charge in [-0.25, -0.2) is 0 Å². The van der Waals surface area contributed by atoms with Crippen molar-refractivity contribution in [3.8, 4) is 0 Å². The molecule has 0 aliphatic heterocycles. The molecular weight excluding hydrogens is 174 g/mol. The van der Waals surface area contributed by atoms with Crippen molar-refractivity contribution >= 4 is 23.6 Å². The van der Waals surface area contributed by atoms with Gasteiger partial charge >= 0.3 is 0 Å². The summed E-state index contributed by atoms with van der Waals surface area (Å²) >= 11 is 6.89. The molecule has 1 heterocycles. The minimum Gasteiger partial charge on any atom is -0.327 e. The lowest BCUT2D eigenvalue weighted by atomic mass is 10.3. The predicted octanol–water partition coefficient (Wildman–Crippen LogP) is 3.56. The number of rotatable bonds is 2. The Morgan fingerprint density at radius 1 is 1.73 bits per heavy atom. The van der Waals surface area contributed by atoms with Crippen LogP contribution >= 0.6 is 23.6 Å².